The van der Waals surface area contributed by atoms with Crippen molar-refractivity contribution in [3.8, 4) is 11.5 Å². The van der Waals surface area contributed by atoms with Crippen molar-refractivity contribution in [3.63, 3.8) is 0 Å². The number of piperidine rings is 1. The molecule has 34 heavy (non-hydrogen) atoms. The van der Waals surface area contributed by atoms with Gasteiger partial charge in [0.15, 0.2) is 17.6 Å². The molecule has 1 aromatic carbocycles. The fraction of sp³-hybridized carbons (Fsp3) is 0.593. The quantitative estimate of drug-likeness (QED) is 0.500. The molecule has 2 bridgehead atoms. The Morgan fingerprint density at radius 1 is 1.29 bits per heavy atom. The Bertz CT molecular complexity index is 1170. The maximum atomic E-state index is 13.3. The Kier molecular flexibility index (Phi) is 4.03. The van der Waals surface area contributed by atoms with Crippen LogP contribution in [-0.4, -0.2) is 63.5 Å². The number of hydrogen-bond donors (Lipinski definition) is 4. The van der Waals surface area contributed by atoms with Gasteiger partial charge in [0.05, 0.1) is 16.6 Å². The van der Waals surface area contributed by atoms with Crippen LogP contribution in [-0.2, 0) is 16.6 Å². The lowest BCUT2D eigenvalue weighted by molar-refractivity contribution is -0.172. The molecule has 5 atom stereocenters. The van der Waals surface area contributed by atoms with Gasteiger partial charge in [0, 0.05) is 36.5 Å². The number of likely N-dealkylation sites (tertiary alicyclic amines) is 1. The molecule has 2 aliphatic heterocycles. The molecule has 0 radical (unpaired) electrons. The molecule has 1 unspecified atom stereocenters. The number of aliphatic hydroxyl groups excluding tert-OH is 1. The number of hydrogen-bond acceptors (Lipinski definition) is 6. The molecule has 1 spiro atoms. The number of rotatable bonds is 5. The van der Waals surface area contributed by atoms with Gasteiger partial charge in [0.2, 0.25) is 0 Å². The Balaban J connectivity index is 1.33. The van der Waals surface area contributed by atoms with Crippen LogP contribution in [0.1, 0.15) is 50.2 Å². The number of carbonyl (C=O) groups excluding carboxylic acids is 1. The minimum atomic E-state index is -1.27. The van der Waals surface area contributed by atoms with E-state index in [1.165, 1.54) is 12.8 Å². The van der Waals surface area contributed by atoms with Crippen molar-refractivity contribution in [2.24, 2.45) is 11.3 Å². The van der Waals surface area contributed by atoms with E-state index < -0.39 is 17.1 Å². The van der Waals surface area contributed by atoms with Crippen LogP contribution >= 0.6 is 0 Å². The maximum absolute atomic E-state index is 13.3. The van der Waals surface area contributed by atoms with E-state index >= 15 is 0 Å². The Hall–Kier alpha value is -2.51. The zero-order chi connectivity index (χ0) is 23.5. The van der Waals surface area contributed by atoms with Crippen molar-refractivity contribution in [1.29, 1.82) is 0 Å². The zero-order valence-electron chi connectivity index (χ0n) is 19.5. The molecule has 1 aromatic rings. The third kappa shape index (κ3) is 2.52. The van der Waals surface area contributed by atoms with Gasteiger partial charge in [-0.3, -0.25) is 9.69 Å². The van der Waals surface area contributed by atoms with Gasteiger partial charge in [-0.15, -0.1) is 0 Å². The number of nitrogens with one attached hydrogen (secondary N) is 1. The lowest BCUT2D eigenvalue weighted by Gasteiger charge is -2.62. The highest BCUT2D eigenvalue weighted by Gasteiger charge is 2.73. The van der Waals surface area contributed by atoms with E-state index in [1.807, 2.05) is 6.07 Å². The van der Waals surface area contributed by atoms with E-state index in [9.17, 15) is 20.1 Å². The summed E-state index contributed by atoms with van der Waals surface area (Å²) in [5.74, 6) is 0.609. The van der Waals surface area contributed by atoms with E-state index in [0.29, 0.717) is 31.1 Å². The Labute approximate surface area is 199 Å². The van der Waals surface area contributed by atoms with Crippen molar-refractivity contribution in [2.75, 3.05) is 19.6 Å². The fourth-order valence-corrected chi connectivity index (χ4v) is 7.41. The number of nitrogens with zero attached hydrogens (tertiary/aromatic N) is 1. The molecular weight excluding hydrogens is 432 g/mol. The Morgan fingerprint density at radius 2 is 2.09 bits per heavy atom. The molecule has 7 rings (SSSR count). The summed E-state index contributed by atoms with van der Waals surface area (Å²) >= 11 is 0. The number of amides is 1. The monoisotopic (exact) mass is 464 g/mol. The molecule has 7 nitrogen and oxygen atoms in total. The molecule has 1 saturated heterocycles. The molecule has 180 valence electrons. The van der Waals surface area contributed by atoms with E-state index in [-0.39, 0.29) is 40.9 Å². The molecule has 1 amide bonds. The SMILES string of the molecule is CC1(CNC(=O)C2=C(O)[C@@H]3Oc4c(O)ccc5c4[C@@]34CCN(CC3CC3)[C@H](C5)[C@]4(O)C2)C=CC1. The summed E-state index contributed by atoms with van der Waals surface area (Å²) in [6.45, 7) is 4.33. The first-order valence-electron chi connectivity index (χ1n) is 12.6. The van der Waals surface area contributed by atoms with Crippen molar-refractivity contribution in [3.05, 3.63) is 46.7 Å². The third-order valence-electron chi connectivity index (χ3n) is 9.55. The minimum absolute atomic E-state index is 0.0206. The summed E-state index contributed by atoms with van der Waals surface area (Å²) in [5.41, 5.74) is -0.0892. The Morgan fingerprint density at radius 3 is 2.79 bits per heavy atom. The summed E-state index contributed by atoms with van der Waals surface area (Å²) in [5, 5.41) is 37.6. The molecule has 0 aromatic heterocycles. The maximum Gasteiger partial charge on any atom is 0.250 e. The molecule has 4 N–H and O–H groups in total. The average Bonchev–Trinajstić information content (AvgIpc) is 3.53. The standard InChI is InChI=1S/C27H32N2O5/c1-25(7-2-8-25)14-28-24(32)17-12-27(33)19-11-16-5-6-18(30)22-20(16)26(27,23(34-22)21(17)31)9-10-29(19)13-15-3-4-15/h2,5-7,15,19,23,30-31,33H,3-4,8-14H2,1H3,(H,28,32)/t19-,23+,25?,26+,27-/m1/s1. The first-order valence-corrected chi connectivity index (χ1v) is 12.6. The highest BCUT2D eigenvalue weighted by atomic mass is 16.5. The summed E-state index contributed by atoms with van der Waals surface area (Å²) in [4.78, 5) is 15.8. The van der Waals surface area contributed by atoms with Crippen molar-refractivity contribution in [2.45, 2.75) is 68.6 Å². The zero-order valence-corrected chi connectivity index (χ0v) is 19.5. The van der Waals surface area contributed by atoms with Crippen LogP contribution < -0.4 is 10.1 Å². The summed E-state index contributed by atoms with van der Waals surface area (Å²) < 4.78 is 6.25. The van der Waals surface area contributed by atoms with Crippen molar-refractivity contribution in [1.82, 2.24) is 10.2 Å². The molecule has 2 fully saturated rings. The predicted molar refractivity (Wildman–Crippen MR) is 125 cm³/mol. The number of ether oxygens (including phenoxy) is 1. The lowest BCUT2D eigenvalue weighted by atomic mass is 9.49. The van der Waals surface area contributed by atoms with Gasteiger partial charge in [0.25, 0.3) is 5.91 Å². The molecule has 6 aliphatic rings. The highest BCUT2D eigenvalue weighted by molar-refractivity contribution is 5.95. The van der Waals surface area contributed by atoms with Gasteiger partial charge in [-0.2, -0.15) is 0 Å². The topological polar surface area (TPSA) is 102 Å². The third-order valence-corrected chi connectivity index (χ3v) is 9.55. The van der Waals surface area contributed by atoms with Gasteiger partial charge >= 0.3 is 0 Å². The molecular formula is C27H32N2O5. The van der Waals surface area contributed by atoms with Gasteiger partial charge in [-0.25, -0.2) is 0 Å². The van der Waals surface area contributed by atoms with Crippen LogP contribution in [0.5, 0.6) is 11.5 Å². The van der Waals surface area contributed by atoms with Crippen LogP contribution in [0.2, 0.25) is 0 Å². The van der Waals surface area contributed by atoms with E-state index in [0.717, 1.165) is 30.6 Å². The summed E-state index contributed by atoms with van der Waals surface area (Å²) in [6, 6.07) is 3.42. The highest BCUT2D eigenvalue weighted by Crippen LogP contribution is 2.66. The van der Waals surface area contributed by atoms with Gasteiger partial charge < -0.3 is 25.4 Å². The van der Waals surface area contributed by atoms with Crippen LogP contribution in [0.4, 0.5) is 0 Å². The van der Waals surface area contributed by atoms with Gasteiger partial charge in [0.1, 0.15) is 5.76 Å². The molecule has 2 heterocycles. The van der Waals surface area contributed by atoms with E-state index in [2.05, 4.69) is 29.3 Å². The molecule has 4 aliphatic carbocycles. The second kappa shape index (κ2) is 6.58. The van der Waals surface area contributed by atoms with Crippen molar-refractivity contribution < 1.29 is 24.9 Å². The number of aromatic hydroxyl groups is 1. The first-order chi connectivity index (χ1) is 16.3. The largest absolute Gasteiger partial charge is 0.508 e. The van der Waals surface area contributed by atoms with Crippen LogP contribution in [0.15, 0.2) is 35.6 Å². The van der Waals surface area contributed by atoms with E-state index in [1.54, 1.807) is 6.07 Å². The summed E-state index contributed by atoms with van der Waals surface area (Å²) in [6.07, 6.45) is 8.01. The number of phenols is 1. The second-order valence-electron chi connectivity index (χ2n) is 11.7. The molecule has 1 saturated carbocycles. The lowest BCUT2D eigenvalue weighted by Crippen LogP contribution is -2.75. The van der Waals surface area contributed by atoms with Gasteiger partial charge in [-0.05, 0) is 56.2 Å². The van der Waals surface area contributed by atoms with Crippen LogP contribution in [0.25, 0.3) is 0 Å². The summed E-state index contributed by atoms with van der Waals surface area (Å²) in [7, 11) is 0. The fourth-order valence-electron chi connectivity index (χ4n) is 7.41. The number of aliphatic hydroxyl groups is 2. The normalized spacial score (nSPS) is 39.4. The second-order valence-corrected chi connectivity index (χ2v) is 11.7. The number of allylic oxidation sites excluding steroid dienone is 1. The minimum Gasteiger partial charge on any atom is -0.508 e. The number of phenolic OH excluding ortho intramolecular Hbond substituents is 1. The van der Waals surface area contributed by atoms with Crippen LogP contribution in [0.3, 0.4) is 0 Å². The number of carbonyl (C=O) groups is 1. The average molecular weight is 465 g/mol. The predicted octanol–water partition coefficient (Wildman–Crippen LogP) is 2.46. The van der Waals surface area contributed by atoms with Crippen molar-refractivity contribution >= 4 is 5.91 Å². The molecule has 7 heteroatoms. The smallest absolute Gasteiger partial charge is 0.250 e. The first kappa shape index (κ1) is 20.8. The number of benzene rings is 1. The van der Waals surface area contributed by atoms with Crippen LogP contribution in [0, 0.1) is 11.3 Å². The van der Waals surface area contributed by atoms with E-state index in [4.69, 9.17) is 4.74 Å². The van der Waals surface area contributed by atoms with Gasteiger partial charge in [-0.1, -0.05) is 25.1 Å².